The molecule has 3 aromatic heterocycles. The van der Waals surface area contributed by atoms with Gasteiger partial charge >= 0.3 is 5.97 Å². The van der Waals surface area contributed by atoms with Gasteiger partial charge in [-0.1, -0.05) is 0 Å². The summed E-state index contributed by atoms with van der Waals surface area (Å²) in [6, 6.07) is 0. The maximum atomic E-state index is 11.4. The first-order valence-electron chi connectivity index (χ1n) is 6.25. The van der Waals surface area contributed by atoms with E-state index in [2.05, 4.69) is 20.4 Å². The number of nitrogens with zero attached hydrogens (tertiary/aromatic N) is 4. The van der Waals surface area contributed by atoms with E-state index in [0.29, 0.717) is 23.3 Å². The monoisotopic (exact) mass is 303 g/mol. The topological polar surface area (TPSA) is 92.9 Å². The number of thiazole rings is 1. The second kappa shape index (κ2) is 5.13. The number of hydrogen-bond acceptors (Lipinski definition) is 6. The van der Waals surface area contributed by atoms with Gasteiger partial charge in [0.2, 0.25) is 0 Å². The highest BCUT2D eigenvalue weighted by molar-refractivity contribution is 7.11. The molecule has 0 aliphatic rings. The molecule has 0 bridgehead atoms. The first kappa shape index (κ1) is 13.5. The molecule has 3 aromatic rings. The molecule has 0 saturated carbocycles. The molecule has 0 spiro atoms. The van der Waals surface area contributed by atoms with E-state index in [1.165, 1.54) is 6.20 Å². The summed E-state index contributed by atoms with van der Waals surface area (Å²) in [5.41, 5.74) is 1.29. The van der Waals surface area contributed by atoms with Gasteiger partial charge in [0, 0.05) is 24.3 Å². The predicted molar refractivity (Wildman–Crippen MR) is 79.6 cm³/mol. The quantitative estimate of drug-likeness (QED) is 0.766. The van der Waals surface area contributed by atoms with Gasteiger partial charge in [-0.3, -0.25) is 4.68 Å². The van der Waals surface area contributed by atoms with E-state index in [-0.39, 0.29) is 5.56 Å². The molecule has 0 aliphatic carbocycles. The lowest BCUT2D eigenvalue weighted by Crippen LogP contribution is -2.08. The standard InChI is InChI=1S/C13H13N5O2S/c1-7-3-14-10(21-7)6-15-11-8-5-17-18(2)12(8)16-4-9(11)13(19)20/h3-5H,6H2,1-2H3,(H,15,16)(H,19,20). The zero-order valence-corrected chi connectivity index (χ0v) is 12.3. The Morgan fingerprint density at radius 2 is 2.19 bits per heavy atom. The molecule has 21 heavy (non-hydrogen) atoms. The van der Waals surface area contributed by atoms with Gasteiger partial charge in [0.25, 0.3) is 0 Å². The molecule has 0 radical (unpaired) electrons. The van der Waals surface area contributed by atoms with Gasteiger partial charge in [0.1, 0.15) is 10.6 Å². The van der Waals surface area contributed by atoms with Crippen LogP contribution in [0, 0.1) is 6.92 Å². The van der Waals surface area contributed by atoms with Gasteiger partial charge in [-0.2, -0.15) is 5.10 Å². The maximum absolute atomic E-state index is 11.4. The fourth-order valence-corrected chi connectivity index (χ4v) is 2.82. The number of pyridine rings is 1. The second-order valence-corrected chi connectivity index (χ2v) is 5.90. The lowest BCUT2D eigenvalue weighted by atomic mass is 10.2. The molecule has 7 nitrogen and oxygen atoms in total. The van der Waals surface area contributed by atoms with Gasteiger partial charge in [0.05, 0.1) is 23.8 Å². The number of aromatic nitrogens is 4. The second-order valence-electron chi connectivity index (χ2n) is 4.58. The number of carboxylic acid groups (broad SMARTS) is 1. The van der Waals surface area contributed by atoms with Crippen molar-refractivity contribution in [2.45, 2.75) is 13.5 Å². The maximum Gasteiger partial charge on any atom is 0.339 e. The third-order valence-electron chi connectivity index (χ3n) is 3.08. The van der Waals surface area contributed by atoms with E-state index in [9.17, 15) is 9.90 Å². The van der Waals surface area contributed by atoms with Crippen molar-refractivity contribution in [1.82, 2.24) is 19.7 Å². The minimum absolute atomic E-state index is 0.128. The molecule has 3 heterocycles. The Balaban J connectivity index is 2.01. The lowest BCUT2D eigenvalue weighted by Gasteiger charge is -2.09. The highest BCUT2D eigenvalue weighted by atomic mass is 32.1. The molecule has 0 amide bonds. The molecule has 2 N–H and O–H groups in total. The van der Waals surface area contributed by atoms with E-state index < -0.39 is 5.97 Å². The molecular formula is C13H13N5O2S. The van der Waals surface area contributed by atoms with Crippen molar-refractivity contribution >= 4 is 34.0 Å². The van der Waals surface area contributed by atoms with Gasteiger partial charge in [-0.05, 0) is 6.92 Å². The number of fused-ring (bicyclic) bond motifs is 1. The molecule has 8 heteroatoms. The summed E-state index contributed by atoms with van der Waals surface area (Å²) in [6.07, 6.45) is 4.76. The van der Waals surface area contributed by atoms with Crippen molar-refractivity contribution in [3.8, 4) is 0 Å². The van der Waals surface area contributed by atoms with Crippen molar-refractivity contribution in [1.29, 1.82) is 0 Å². The molecule has 3 rings (SSSR count). The Labute approximate surface area is 124 Å². The largest absolute Gasteiger partial charge is 0.478 e. The first-order chi connectivity index (χ1) is 10.1. The van der Waals surface area contributed by atoms with Gasteiger partial charge in [-0.15, -0.1) is 11.3 Å². The van der Waals surface area contributed by atoms with E-state index in [1.807, 2.05) is 6.92 Å². The average molecular weight is 303 g/mol. The Morgan fingerprint density at radius 3 is 2.86 bits per heavy atom. The lowest BCUT2D eigenvalue weighted by molar-refractivity contribution is 0.0697. The van der Waals surface area contributed by atoms with Crippen LogP contribution in [-0.4, -0.2) is 30.8 Å². The van der Waals surface area contributed by atoms with E-state index in [0.717, 1.165) is 9.88 Å². The molecule has 0 aliphatic heterocycles. The third kappa shape index (κ3) is 2.45. The van der Waals surface area contributed by atoms with E-state index in [4.69, 9.17) is 0 Å². The van der Waals surface area contributed by atoms with Crippen LogP contribution in [-0.2, 0) is 13.6 Å². The molecule has 0 aromatic carbocycles. The van der Waals surface area contributed by atoms with Crippen LogP contribution in [0.3, 0.4) is 0 Å². The Hall–Kier alpha value is -2.48. The van der Waals surface area contributed by atoms with Crippen LogP contribution in [0.15, 0.2) is 18.6 Å². The number of rotatable bonds is 4. The minimum atomic E-state index is -1.02. The SMILES string of the molecule is Cc1cnc(CNc2c(C(=O)O)cnc3c2cnn3C)s1. The zero-order chi connectivity index (χ0) is 15.0. The van der Waals surface area contributed by atoms with Crippen LogP contribution in [0.4, 0.5) is 5.69 Å². The Bertz CT molecular complexity index is 823. The molecular weight excluding hydrogens is 290 g/mol. The number of carboxylic acids is 1. The van der Waals surface area contributed by atoms with Crippen molar-refractivity contribution < 1.29 is 9.90 Å². The summed E-state index contributed by atoms with van der Waals surface area (Å²) in [5, 5.41) is 18.2. The summed E-state index contributed by atoms with van der Waals surface area (Å²) in [4.78, 5) is 20.9. The Morgan fingerprint density at radius 1 is 1.38 bits per heavy atom. The number of nitrogens with one attached hydrogen (secondary N) is 1. The number of carbonyl (C=O) groups is 1. The van der Waals surface area contributed by atoms with E-state index >= 15 is 0 Å². The van der Waals surface area contributed by atoms with Crippen molar-refractivity contribution in [2.75, 3.05) is 5.32 Å². The number of aryl methyl sites for hydroxylation is 2. The summed E-state index contributed by atoms with van der Waals surface area (Å²) in [5.74, 6) is -1.02. The Kier molecular flexibility index (Phi) is 3.30. The van der Waals surface area contributed by atoms with Crippen LogP contribution in [0.1, 0.15) is 20.2 Å². The molecule has 0 unspecified atom stereocenters. The van der Waals surface area contributed by atoms with Crippen molar-refractivity contribution in [3.05, 3.63) is 34.0 Å². The van der Waals surface area contributed by atoms with Crippen LogP contribution in [0.25, 0.3) is 11.0 Å². The fraction of sp³-hybridized carbons (Fsp3) is 0.231. The summed E-state index contributed by atoms with van der Waals surface area (Å²) < 4.78 is 1.61. The number of aromatic carboxylic acids is 1. The molecule has 0 atom stereocenters. The first-order valence-corrected chi connectivity index (χ1v) is 7.07. The molecule has 0 saturated heterocycles. The average Bonchev–Trinajstić information content (AvgIpc) is 3.03. The van der Waals surface area contributed by atoms with E-state index in [1.54, 1.807) is 35.5 Å². The number of hydrogen-bond donors (Lipinski definition) is 2. The van der Waals surface area contributed by atoms with Crippen LogP contribution in [0.2, 0.25) is 0 Å². The minimum Gasteiger partial charge on any atom is -0.478 e. The molecule has 108 valence electrons. The highest BCUT2D eigenvalue weighted by Crippen LogP contribution is 2.26. The third-order valence-corrected chi connectivity index (χ3v) is 3.99. The summed E-state index contributed by atoms with van der Waals surface area (Å²) in [7, 11) is 1.77. The molecule has 0 fully saturated rings. The summed E-state index contributed by atoms with van der Waals surface area (Å²) in [6.45, 7) is 2.45. The predicted octanol–water partition coefficient (Wildman–Crippen LogP) is 2.04. The normalized spacial score (nSPS) is 11.0. The summed E-state index contributed by atoms with van der Waals surface area (Å²) >= 11 is 1.57. The van der Waals surface area contributed by atoms with Crippen LogP contribution in [0.5, 0.6) is 0 Å². The van der Waals surface area contributed by atoms with Gasteiger partial charge in [-0.25, -0.2) is 14.8 Å². The van der Waals surface area contributed by atoms with Crippen molar-refractivity contribution in [3.63, 3.8) is 0 Å². The fourth-order valence-electron chi connectivity index (χ4n) is 2.10. The van der Waals surface area contributed by atoms with Crippen LogP contribution >= 0.6 is 11.3 Å². The van der Waals surface area contributed by atoms with Gasteiger partial charge in [0.15, 0.2) is 5.65 Å². The zero-order valence-electron chi connectivity index (χ0n) is 11.5. The van der Waals surface area contributed by atoms with Gasteiger partial charge < -0.3 is 10.4 Å². The highest BCUT2D eigenvalue weighted by Gasteiger charge is 2.17. The number of anilines is 1. The van der Waals surface area contributed by atoms with Crippen molar-refractivity contribution in [2.24, 2.45) is 7.05 Å². The van der Waals surface area contributed by atoms with Crippen LogP contribution < -0.4 is 5.32 Å². The smallest absolute Gasteiger partial charge is 0.339 e.